The van der Waals surface area contributed by atoms with Gasteiger partial charge in [-0.1, -0.05) is 13.8 Å². The predicted molar refractivity (Wildman–Crippen MR) is 74.4 cm³/mol. The third-order valence-electron chi connectivity index (χ3n) is 2.64. The highest BCUT2D eigenvalue weighted by atomic mass is 16.5. The maximum Gasteiger partial charge on any atom is 0.109 e. The SMILES string of the molecule is CCC(CC(C)(C)O)OC(CC)NCOC(C)C. The van der Waals surface area contributed by atoms with Crippen LogP contribution >= 0.6 is 0 Å². The summed E-state index contributed by atoms with van der Waals surface area (Å²) < 4.78 is 11.4. The van der Waals surface area contributed by atoms with E-state index in [0.717, 1.165) is 12.8 Å². The van der Waals surface area contributed by atoms with E-state index in [0.29, 0.717) is 13.2 Å². The Bertz CT molecular complexity index is 202. The Morgan fingerprint density at radius 2 is 1.78 bits per heavy atom. The Morgan fingerprint density at radius 3 is 2.17 bits per heavy atom. The summed E-state index contributed by atoms with van der Waals surface area (Å²) in [4.78, 5) is 0. The summed E-state index contributed by atoms with van der Waals surface area (Å²) in [5.74, 6) is 0. The van der Waals surface area contributed by atoms with E-state index < -0.39 is 5.60 Å². The lowest BCUT2D eigenvalue weighted by molar-refractivity contribution is -0.0840. The normalized spacial score (nSPS) is 16.0. The van der Waals surface area contributed by atoms with Crippen molar-refractivity contribution in [1.29, 1.82) is 0 Å². The van der Waals surface area contributed by atoms with Gasteiger partial charge in [-0.2, -0.15) is 0 Å². The molecule has 0 heterocycles. The zero-order valence-electron chi connectivity index (χ0n) is 12.8. The number of aliphatic hydroxyl groups is 1. The highest BCUT2D eigenvalue weighted by Gasteiger charge is 2.22. The van der Waals surface area contributed by atoms with E-state index in [1.165, 1.54) is 0 Å². The maximum absolute atomic E-state index is 9.83. The second-order valence-electron chi connectivity index (χ2n) is 5.64. The zero-order valence-corrected chi connectivity index (χ0v) is 12.8. The first-order chi connectivity index (χ1) is 8.28. The van der Waals surface area contributed by atoms with Gasteiger partial charge in [-0.3, -0.25) is 5.32 Å². The van der Waals surface area contributed by atoms with Gasteiger partial charge in [0.1, 0.15) is 6.23 Å². The molecule has 2 N–H and O–H groups in total. The molecular weight excluding hydrogens is 230 g/mol. The number of hydrogen-bond donors (Lipinski definition) is 2. The van der Waals surface area contributed by atoms with Gasteiger partial charge >= 0.3 is 0 Å². The van der Waals surface area contributed by atoms with Crippen molar-refractivity contribution in [3.05, 3.63) is 0 Å². The van der Waals surface area contributed by atoms with Crippen LogP contribution in [0.3, 0.4) is 0 Å². The smallest absolute Gasteiger partial charge is 0.109 e. The van der Waals surface area contributed by atoms with Gasteiger partial charge in [-0.05, 0) is 40.5 Å². The van der Waals surface area contributed by atoms with Crippen LogP contribution in [0.5, 0.6) is 0 Å². The predicted octanol–water partition coefficient (Wildman–Crippen LogP) is 2.65. The Balaban J connectivity index is 4.07. The quantitative estimate of drug-likeness (QED) is 0.594. The fourth-order valence-corrected chi connectivity index (χ4v) is 1.67. The van der Waals surface area contributed by atoms with E-state index >= 15 is 0 Å². The molecule has 0 saturated carbocycles. The van der Waals surface area contributed by atoms with Crippen molar-refractivity contribution in [2.45, 2.75) is 84.8 Å². The summed E-state index contributed by atoms with van der Waals surface area (Å²) in [6, 6.07) is 0. The fraction of sp³-hybridized carbons (Fsp3) is 1.00. The first kappa shape index (κ1) is 17.8. The van der Waals surface area contributed by atoms with Gasteiger partial charge in [0.15, 0.2) is 0 Å². The lowest BCUT2D eigenvalue weighted by Crippen LogP contribution is -2.39. The van der Waals surface area contributed by atoms with Gasteiger partial charge in [0.25, 0.3) is 0 Å². The third-order valence-corrected chi connectivity index (χ3v) is 2.64. The van der Waals surface area contributed by atoms with Gasteiger partial charge < -0.3 is 14.6 Å². The van der Waals surface area contributed by atoms with Crippen molar-refractivity contribution in [3.8, 4) is 0 Å². The number of ether oxygens (including phenoxy) is 2. The van der Waals surface area contributed by atoms with E-state index in [2.05, 4.69) is 19.2 Å². The molecule has 0 saturated heterocycles. The molecule has 110 valence electrons. The molecule has 18 heavy (non-hydrogen) atoms. The van der Waals surface area contributed by atoms with E-state index in [-0.39, 0.29) is 18.4 Å². The van der Waals surface area contributed by atoms with Crippen molar-refractivity contribution < 1.29 is 14.6 Å². The molecular formula is C14H31NO3. The van der Waals surface area contributed by atoms with Crippen LogP contribution in [0.25, 0.3) is 0 Å². The molecule has 0 aliphatic carbocycles. The van der Waals surface area contributed by atoms with E-state index in [9.17, 15) is 5.11 Å². The molecule has 0 radical (unpaired) electrons. The molecule has 0 bridgehead atoms. The summed E-state index contributed by atoms with van der Waals surface area (Å²) in [7, 11) is 0. The van der Waals surface area contributed by atoms with Crippen LogP contribution in [0, 0.1) is 0 Å². The van der Waals surface area contributed by atoms with Crippen molar-refractivity contribution in [1.82, 2.24) is 5.32 Å². The van der Waals surface area contributed by atoms with Crippen molar-refractivity contribution in [2.24, 2.45) is 0 Å². The summed E-state index contributed by atoms with van der Waals surface area (Å²) in [5.41, 5.74) is -0.687. The van der Waals surface area contributed by atoms with Crippen LogP contribution < -0.4 is 5.32 Å². The monoisotopic (exact) mass is 261 g/mol. The number of rotatable bonds is 10. The van der Waals surface area contributed by atoms with Gasteiger partial charge in [0.05, 0.1) is 24.5 Å². The first-order valence-electron chi connectivity index (χ1n) is 7.01. The van der Waals surface area contributed by atoms with Gasteiger partial charge in [0, 0.05) is 6.42 Å². The Labute approximate surface area is 112 Å². The Hall–Kier alpha value is -0.160. The molecule has 0 aliphatic rings. The average Bonchev–Trinajstić information content (AvgIpc) is 2.24. The third kappa shape index (κ3) is 9.83. The minimum absolute atomic E-state index is 0.0175. The molecule has 0 rings (SSSR count). The lowest BCUT2D eigenvalue weighted by Gasteiger charge is -2.28. The van der Waals surface area contributed by atoms with Crippen LogP contribution in [-0.4, -0.2) is 35.9 Å². The summed E-state index contributed by atoms with van der Waals surface area (Å²) >= 11 is 0. The molecule has 0 amide bonds. The molecule has 4 nitrogen and oxygen atoms in total. The summed E-state index contributed by atoms with van der Waals surface area (Å²) in [6.45, 7) is 12.3. The lowest BCUT2D eigenvalue weighted by atomic mass is 9.99. The number of nitrogens with one attached hydrogen (secondary N) is 1. The minimum atomic E-state index is -0.687. The highest BCUT2D eigenvalue weighted by Crippen LogP contribution is 2.17. The van der Waals surface area contributed by atoms with Crippen LogP contribution in [0.4, 0.5) is 0 Å². The molecule has 0 spiro atoms. The molecule has 0 fully saturated rings. The fourth-order valence-electron chi connectivity index (χ4n) is 1.67. The zero-order chi connectivity index (χ0) is 14.2. The standard InChI is InChI=1S/C14H31NO3/c1-7-12(9-14(5,6)16)18-13(8-2)15-10-17-11(3)4/h11-13,15-16H,7-10H2,1-6H3. The molecule has 4 heteroatoms. The molecule has 0 aromatic heterocycles. The number of hydrogen-bond acceptors (Lipinski definition) is 4. The van der Waals surface area contributed by atoms with E-state index in [1.54, 1.807) is 0 Å². The Kier molecular flexibility index (Phi) is 8.78. The maximum atomic E-state index is 9.83. The molecule has 0 aromatic carbocycles. The second-order valence-corrected chi connectivity index (χ2v) is 5.64. The van der Waals surface area contributed by atoms with Gasteiger partial charge in [-0.15, -0.1) is 0 Å². The van der Waals surface area contributed by atoms with Crippen molar-refractivity contribution >= 4 is 0 Å². The molecule has 2 unspecified atom stereocenters. The first-order valence-corrected chi connectivity index (χ1v) is 7.01. The van der Waals surface area contributed by atoms with E-state index in [4.69, 9.17) is 9.47 Å². The van der Waals surface area contributed by atoms with Gasteiger partial charge in [0.2, 0.25) is 0 Å². The summed E-state index contributed by atoms with van der Waals surface area (Å²) in [6.07, 6.45) is 2.69. The molecule has 0 aliphatic heterocycles. The highest BCUT2D eigenvalue weighted by molar-refractivity contribution is 4.72. The van der Waals surface area contributed by atoms with Gasteiger partial charge in [-0.25, -0.2) is 0 Å². The van der Waals surface area contributed by atoms with Crippen LogP contribution in [0.1, 0.15) is 60.8 Å². The van der Waals surface area contributed by atoms with Crippen LogP contribution in [-0.2, 0) is 9.47 Å². The average molecular weight is 261 g/mol. The molecule has 0 aromatic rings. The van der Waals surface area contributed by atoms with Crippen molar-refractivity contribution in [3.63, 3.8) is 0 Å². The largest absolute Gasteiger partial charge is 0.390 e. The topological polar surface area (TPSA) is 50.7 Å². The second kappa shape index (κ2) is 8.86. The van der Waals surface area contributed by atoms with Crippen molar-refractivity contribution in [2.75, 3.05) is 6.73 Å². The van der Waals surface area contributed by atoms with E-state index in [1.807, 2.05) is 27.7 Å². The van der Waals surface area contributed by atoms with Crippen LogP contribution in [0.2, 0.25) is 0 Å². The minimum Gasteiger partial charge on any atom is -0.390 e. The molecule has 2 atom stereocenters. The Morgan fingerprint density at radius 1 is 1.17 bits per heavy atom. The van der Waals surface area contributed by atoms with Crippen LogP contribution in [0.15, 0.2) is 0 Å². The summed E-state index contributed by atoms with van der Waals surface area (Å²) in [5, 5.41) is 13.1.